The largest absolute Gasteiger partial charge is 0.456 e. The summed E-state index contributed by atoms with van der Waals surface area (Å²) in [7, 11) is 0. The first-order valence-corrected chi connectivity index (χ1v) is 16.1. The molecule has 0 unspecified atom stereocenters. The molecular formula is C44H24N4O. The van der Waals surface area contributed by atoms with Crippen LogP contribution in [0.2, 0.25) is 0 Å². The summed E-state index contributed by atoms with van der Waals surface area (Å²) in [4.78, 5) is 0. The predicted octanol–water partition coefficient (Wildman–Crippen LogP) is 11.2. The van der Waals surface area contributed by atoms with Crippen molar-refractivity contribution in [2.45, 2.75) is 0 Å². The van der Waals surface area contributed by atoms with Gasteiger partial charge in [0.2, 0.25) is 0 Å². The molecule has 0 saturated heterocycles. The van der Waals surface area contributed by atoms with Gasteiger partial charge in [0.1, 0.15) is 11.2 Å². The van der Waals surface area contributed by atoms with Crippen LogP contribution in [0.25, 0.3) is 88.1 Å². The van der Waals surface area contributed by atoms with E-state index in [0.29, 0.717) is 11.1 Å². The second-order valence-corrected chi connectivity index (χ2v) is 12.4. The molecule has 0 aliphatic heterocycles. The van der Waals surface area contributed by atoms with Gasteiger partial charge in [-0.05, 0) is 96.1 Å². The normalized spacial score (nSPS) is 11.6. The van der Waals surface area contributed by atoms with Crippen LogP contribution >= 0.6 is 0 Å². The third kappa shape index (κ3) is 3.97. The summed E-state index contributed by atoms with van der Waals surface area (Å²) < 4.78 is 10.8. The van der Waals surface area contributed by atoms with Gasteiger partial charge < -0.3 is 13.6 Å². The summed E-state index contributed by atoms with van der Waals surface area (Å²) in [6.45, 7) is 0. The lowest BCUT2D eigenvalue weighted by molar-refractivity contribution is 0.669. The van der Waals surface area contributed by atoms with E-state index in [1.165, 1.54) is 5.39 Å². The number of nitriles is 2. The number of aromatic nitrogens is 2. The Balaban J connectivity index is 1.16. The Morgan fingerprint density at radius 1 is 0.388 bits per heavy atom. The molecule has 7 aromatic carbocycles. The zero-order chi connectivity index (χ0) is 32.6. The van der Waals surface area contributed by atoms with Crippen molar-refractivity contribution in [1.82, 2.24) is 9.13 Å². The van der Waals surface area contributed by atoms with Gasteiger partial charge in [0, 0.05) is 43.7 Å². The minimum Gasteiger partial charge on any atom is -0.456 e. The maximum Gasteiger partial charge on any atom is 0.136 e. The minimum absolute atomic E-state index is 0.589. The number of rotatable bonds is 3. The first kappa shape index (κ1) is 27.1. The summed E-state index contributed by atoms with van der Waals surface area (Å²) >= 11 is 0. The van der Waals surface area contributed by atoms with Crippen molar-refractivity contribution in [2.75, 3.05) is 0 Å². The van der Waals surface area contributed by atoms with E-state index in [2.05, 4.69) is 118 Å². The Kier molecular flexibility index (Phi) is 5.64. The van der Waals surface area contributed by atoms with Crippen LogP contribution in [0, 0.1) is 22.7 Å². The zero-order valence-corrected chi connectivity index (χ0v) is 26.1. The summed E-state index contributed by atoms with van der Waals surface area (Å²) in [6.07, 6.45) is 0. The van der Waals surface area contributed by atoms with Gasteiger partial charge in [0.15, 0.2) is 0 Å². The molecule has 5 heteroatoms. The Morgan fingerprint density at radius 3 is 1.59 bits per heavy atom. The number of para-hydroxylation sites is 2. The second kappa shape index (κ2) is 10.2. The van der Waals surface area contributed by atoms with E-state index in [4.69, 9.17) is 4.42 Å². The van der Waals surface area contributed by atoms with E-state index in [1.54, 1.807) is 0 Å². The third-order valence-electron chi connectivity index (χ3n) is 9.74. The summed E-state index contributed by atoms with van der Waals surface area (Å²) in [5.74, 6) is 0. The fourth-order valence-corrected chi connectivity index (χ4v) is 7.55. The number of hydrogen-bond donors (Lipinski definition) is 0. The van der Waals surface area contributed by atoms with Crippen molar-refractivity contribution >= 4 is 65.6 Å². The van der Waals surface area contributed by atoms with E-state index >= 15 is 0 Å². The summed E-state index contributed by atoms with van der Waals surface area (Å²) in [5.41, 5.74) is 11.5. The quantitative estimate of drug-likeness (QED) is 0.196. The average Bonchev–Trinajstić information content (AvgIpc) is 3.80. The smallest absolute Gasteiger partial charge is 0.136 e. The standard InChI is InChI=1S/C44H24N4O/c45-25-27-15-17-40-35(19-27)36-20-28(26-46)16-18-41(36)47(40)31-9-5-7-29(21-31)30-8-6-10-32(22-30)48-39-13-3-1-11-33(39)37-24-44-38(23-42(37)48)34-12-2-4-14-43(34)49-44/h1-24H. The van der Waals surface area contributed by atoms with Gasteiger partial charge in [0.25, 0.3) is 0 Å². The van der Waals surface area contributed by atoms with Gasteiger partial charge in [0.05, 0.1) is 45.3 Å². The van der Waals surface area contributed by atoms with Crippen molar-refractivity contribution in [1.29, 1.82) is 10.5 Å². The molecule has 5 nitrogen and oxygen atoms in total. The van der Waals surface area contributed by atoms with Crippen molar-refractivity contribution < 1.29 is 4.42 Å². The number of nitrogens with zero attached hydrogens (tertiary/aromatic N) is 4. The van der Waals surface area contributed by atoms with Gasteiger partial charge in [-0.3, -0.25) is 0 Å². The first-order valence-electron chi connectivity index (χ1n) is 16.1. The molecule has 0 radical (unpaired) electrons. The maximum absolute atomic E-state index is 9.63. The highest BCUT2D eigenvalue weighted by molar-refractivity contribution is 6.17. The Hall–Kier alpha value is -7.08. The van der Waals surface area contributed by atoms with Crippen LogP contribution in [0.5, 0.6) is 0 Å². The van der Waals surface area contributed by atoms with Crippen molar-refractivity contribution in [3.8, 4) is 34.6 Å². The molecule has 0 N–H and O–H groups in total. The monoisotopic (exact) mass is 624 g/mol. The first-order chi connectivity index (χ1) is 24.2. The Morgan fingerprint density at radius 2 is 0.939 bits per heavy atom. The van der Waals surface area contributed by atoms with E-state index in [1.807, 2.05) is 48.5 Å². The van der Waals surface area contributed by atoms with Gasteiger partial charge in [-0.1, -0.05) is 60.7 Å². The van der Waals surface area contributed by atoms with Gasteiger partial charge in [-0.15, -0.1) is 0 Å². The molecule has 0 spiro atoms. The fraction of sp³-hybridized carbons (Fsp3) is 0. The maximum atomic E-state index is 9.63. The molecule has 3 aromatic heterocycles. The molecule has 3 heterocycles. The molecule has 0 atom stereocenters. The van der Waals surface area contributed by atoms with Crippen LogP contribution in [0.15, 0.2) is 150 Å². The lowest BCUT2D eigenvalue weighted by Crippen LogP contribution is -1.96. The molecule has 0 aliphatic carbocycles. The van der Waals surface area contributed by atoms with E-state index in [9.17, 15) is 10.5 Å². The fourth-order valence-electron chi connectivity index (χ4n) is 7.55. The number of furan rings is 1. The molecule has 10 aromatic rings. The van der Waals surface area contributed by atoms with Crippen LogP contribution < -0.4 is 0 Å². The molecule has 10 rings (SSSR count). The highest BCUT2D eigenvalue weighted by Crippen LogP contribution is 2.39. The van der Waals surface area contributed by atoms with Crippen LogP contribution in [0.1, 0.15) is 11.1 Å². The SMILES string of the molecule is N#Cc1ccc2c(c1)c1cc(C#N)ccc1n2-c1cccc(-c2cccc(-n3c4ccccc4c4cc5oc6ccccc6c5cc43)c2)c1. The van der Waals surface area contributed by atoms with E-state index in [0.717, 1.165) is 82.7 Å². The molecule has 0 amide bonds. The molecular weight excluding hydrogens is 601 g/mol. The van der Waals surface area contributed by atoms with Crippen molar-refractivity contribution in [2.24, 2.45) is 0 Å². The van der Waals surface area contributed by atoms with Crippen LogP contribution in [-0.2, 0) is 0 Å². The molecule has 49 heavy (non-hydrogen) atoms. The van der Waals surface area contributed by atoms with Crippen molar-refractivity contribution in [3.63, 3.8) is 0 Å². The Labute approximate surface area is 280 Å². The van der Waals surface area contributed by atoms with Gasteiger partial charge in [-0.2, -0.15) is 10.5 Å². The lowest BCUT2D eigenvalue weighted by Gasteiger charge is -2.13. The molecule has 226 valence electrons. The lowest BCUT2D eigenvalue weighted by atomic mass is 10.0. The minimum atomic E-state index is 0.589. The summed E-state index contributed by atoms with van der Waals surface area (Å²) in [6, 6.07) is 54.5. The number of hydrogen-bond acceptors (Lipinski definition) is 3. The highest BCUT2D eigenvalue weighted by atomic mass is 16.3. The number of fused-ring (bicyclic) bond motifs is 9. The van der Waals surface area contributed by atoms with Crippen LogP contribution in [-0.4, -0.2) is 9.13 Å². The third-order valence-corrected chi connectivity index (χ3v) is 9.74. The predicted molar refractivity (Wildman–Crippen MR) is 197 cm³/mol. The van der Waals surface area contributed by atoms with E-state index in [-0.39, 0.29) is 0 Å². The second-order valence-electron chi connectivity index (χ2n) is 12.4. The molecule has 0 bridgehead atoms. The average molecular weight is 625 g/mol. The molecule has 0 saturated carbocycles. The van der Waals surface area contributed by atoms with E-state index < -0.39 is 0 Å². The highest BCUT2D eigenvalue weighted by Gasteiger charge is 2.18. The topological polar surface area (TPSA) is 70.6 Å². The molecule has 0 fully saturated rings. The molecule has 0 aliphatic rings. The van der Waals surface area contributed by atoms with Crippen molar-refractivity contribution in [3.05, 3.63) is 157 Å². The van der Waals surface area contributed by atoms with Crippen LogP contribution in [0.4, 0.5) is 0 Å². The van der Waals surface area contributed by atoms with Crippen LogP contribution in [0.3, 0.4) is 0 Å². The van der Waals surface area contributed by atoms with Gasteiger partial charge in [-0.25, -0.2) is 0 Å². The summed E-state index contributed by atoms with van der Waals surface area (Å²) in [5, 5.41) is 25.7. The van der Waals surface area contributed by atoms with Gasteiger partial charge >= 0.3 is 0 Å². The number of benzene rings is 7. The Bertz CT molecular complexity index is 3010. The zero-order valence-electron chi connectivity index (χ0n) is 26.1.